The van der Waals surface area contributed by atoms with Gasteiger partial charge in [-0.05, 0) is 25.5 Å². The van der Waals surface area contributed by atoms with E-state index >= 15 is 0 Å². The highest BCUT2D eigenvalue weighted by Gasteiger charge is 2.09. The first-order valence-electron chi connectivity index (χ1n) is 4.68. The van der Waals surface area contributed by atoms with Crippen molar-refractivity contribution < 1.29 is 0 Å². The second-order valence-corrected chi connectivity index (χ2v) is 3.36. The fourth-order valence-electron chi connectivity index (χ4n) is 1.19. The van der Waals surface area contributed by atoms with Crippen LogP contribution in [-0.4, -0.2) is 25.6 Å². The largest absolute Gasteiger partial charge is 0.360 e. The number of H-pyrrole nitrogens is 1. The smallest absolute Gasteiger partial charge is 0.196 e. The maximum Gasteiger partial charge on any atom is 0.196 e. The standard InChI is InChI=1S/C9H12N6/c1-6-3-4-8(10-5-6)11-7(2)9-12-14-15-13-9/h3-5,7H,1-2H3,(H,10,11)(H,12,13,14,15). The molecule has 2 aromatic rings. The molecule has 0 saturated heterocycles. The Bertz CT molecular complexity index is 407. The molecule has 6 nitrogen and oxygen atoms in total. The van der Waals surface area contributed by atoms with Crippen molar-refractivity contribution in [3.63, 3.8) is 0 Å². The third kappa shape index (κ3) is 2.28. The lowest BCUT2D eigenvalue weighted by Gasteiger charge is -2.10. The van der Waals surface area contributed by atoms with Gasteiger partial charge in [-0.15, -0.1) is 10.2 Å². The van der Waals surface area contributed by atoms with Gasteiger partial charge in [-0.3, -0.25) is 0 Å². The highest BCUT2D eigenvalue weighted by Crippen LogP contribution is 2.12. The molecule has 0 radical (unpaired) electrons. The van der Waals surface area contributed by atoms with Gasteiger partial charge in [0.2, 0.25) is 0 Å². The first-order valence-corrected chi connectivity index (χ1v) is 4.68. The van der Waals surface area contributed by atoms with Crippen LogP contribution in [0.25, 0.3) is 0 Å². The zero-order valence-electron chi connectivity index (χ0n) is 8.60. The van der Waals surface area contributed by atoms with Crippen molar-refractivity contribution in [2.24, 2.45) is 0 Å². The zero-order chi connectivity index (χ0) is 10.7. The van der Waals surface area contributed by atoms with Gasteiger partial charge in [-0.1, -0.05) is 11.3 Å². The molecule has 2 aromatic heterocycles. The SMILES string of the molecule is Cc1ccc(NC(C)c2nn[nH]n2)nc1. The van der Waals surface area contributed by atoms with Crippen molar-refractivity contribution in [1.29, 1.82) is 0 Å². The lowest BCUT2D eigenvalue weighted by Crippen LogP contribution is -2.09. The Morgan fingerprint density at radius 1 is 1.40 bits per heavy atom. The molecule has 0 saturated carbocycles. The summed E-state index contributed by atoms with van der Waals surface area (Å²) >= 11 is 0. The van der Waals surface area contributed by atoms with E-state index < -0.39 is 0 Å². The maximum absolute atomic E-state index is 4.23. The average molecular weight is 204 g/mol. The van der Waals surface area contributed by atoms with Crippen molar-refractivity contribution in [3.8, 4) is 0 Å². The van der Waals surface area contributed by atoms with Gasteiger partial charge in [0, 0.05) is 6.20 Å². The minimum atomic E-state index is -0.0149. The van der Waals surface area contributed by atoms with E-state index in [0.717, 1.165) is 11.4 Å². The molecule has 0 spiro atoms. The normalized spacial score (nSPS) is 12.4. The number of hydrogen-bond donors (Lipinski definition) is 2. The van der Waals surface area contributed by atoms with E-state index in [1.54, 1.807) is 0 Å². The Morgan fingerprint density at radius 3 is 2.87 bits per heavy atom. The number of rotatable bonds is 3. The molecule has 1 atom stereocenters. The van der Waals surface area contributed by atoms with Crippen LogP contribution >= 0.6 is 0 Å². The first-order chi connectivity index (χ1) is 7.25. The van der Waals surface area contributed by atoms with Gasteiger partial charge in [0.05, 0.1) is 6.04 Å². The summed E-state index contributed by atoms with van der Waals surface area (Å²) in [5, 5.41) is 16.9. The van der Waals surface area contributed by atoms with Crippen LogP contribution in [0.1, 0.15) is 24.4 Å². The monoisotopic (exact) mass is 204 g/mol. The highest BCUT2D eigenvalue weighted by molar-refractivity contribution is 5.36. The van der Waals surface area contributed by atoms with Crippen LogP contribution in [0.3, 0.4) is 0 Å². The number of aromatic nitrogens is 5. The number of tetrazole rings is 1. The molecule has 2 rings (SSSR count). The Balaban J connectivity index is 2.06. The number of anilines is 1. The minimum Gasteiger partial charge on any atom is -0.360 e. The number of hydrogen-bond acceptors (Lipinski definition) is 5. The van der Waals surface area contributed by atoms with E-state index in [1.165, 1.54) is 0 Å². The zero-order valence-corrected chi connectivity index (χ0v) is 8.60. The molecule has 0 aliphatic rings. The lowest BCUT2D eigenvalue weighted by molar-refractivity contribution is 0.788. The summed E-state index contributed by atoms with van der Waals surface area (Å²) < 4.78 is 0. The Morgan fingerprint density at radius 2 is 2.27 bits per heavy atom. The minimum absolute atomic E-state index is 0.0149. The molecule has 78 valence electrons. The quantitative estimate of drug-likeness (QED) is 0.782. The molecule has 0 aromatic carbocycles. The van der Waals surface area contributed by atoms with Crippen LogP contribution < -0.4 is 5.32 Å². The lowest BCUT2D eigenvalue weighted by atomic mass is 10.3. The molecule has 2 N–H and O–H groups in total. The van der Waals surface area contributed by atoms with Crippen molar-refractivity contribution in [1.82, 2.24) is 25.6 Å². The number of aromatic amines is 1. The molecule has 1 unspecified atom stereocenters. The Labute approximate surface area is 87.1 Å². The van der Waals surface area contributed by atoms with E-state index in [1.807, 2.05) is 32.2 Å². The Kier molecular flexibility index (Phi) is 2.57. The fraction of sp³-hybridized carbons (Fsp3) is 0.333. The summed E-state index contributed by atoms with van der Waals surface area (Å²) in [5.74, 6) is 1.43. The number of nitrogens with zero attached hydrogens (tertiary/aromatic N) is 4. The number of pyridine rings is 1. The van der Waals surface area contributed by atoms with Crippen LogP contribution in [0.15, 0.2) is 18.3 Å². The predicted molar refractivity (Wildman–Crippen MR) is 55.2 cm³/mol. The molecule has 0 aliphatic heterocycles. The predicted octanol–water partition coefficient (Wildman–Crippen LogP) is 1.08. The van der Waals surface area contributed by atoms with Gasteiger partial charge in [0.25, 0.3) is 0 Å². The average Bonchev–Trinajstić information content (AvgIpc) is 2.74. The molecule has 0 amide bonds. The third-order valence-electron chi connectivity index (χ3n) is 2.02. The molecular formula is C9H12N6. The van der Waals surface area contributed by atoms with Gasteiger partial charge in [0.1, 0.15) is 5.82 Å². The van der Waals surface area contributed by atoms with E-state index in [4.69, 9.17) is 0 Å². The topological polar surface area (TPSA) is 79.4 Å². The summed E-state index contributed by atoms with van der Waals surface area (Å²) in [7, 11) is 0. The molecular weight excluding hydrogens is 192 g/mol. The van der Waals surface area contributed by atoms with E-state index in [9.17, 15) is 0 Å². The molecule has 0 bridgehead atoms. The number of nitrogens with one attached hydrogen (secondary N) is 2. The fourth-order valence-corrected chi connectivity index (χ4v) is 1.19. The second kappa shape index (κ2) is 4.04. The first kappa shape index (κ1) is 9.57. The summed E-state index contributed by atoms with van der Waals surface area (Å²) in [6.45, 7) is 3.95. The summed E-state index contributed by atoms with van der Waals surface area (Å²) in [6.07, 6.45) is 1.81. The summed E-state index contributed by atoms with van der Waals surface area (Å²) in [5.41, 5.74) is 1.13. The van der Waals surface area contributed by atoms with Gasteiger partial charge >= 0.3 is 0 Å². The van der Waals surface area contributed by atoms with Crippen molar-refractivity contribution in [3.05, 3.63) is 29.7 Å². The van der Waals surface area contributed by atoms with Crippen molar-refractivity contribution in [2.75, 3.05) is 5.32 Å². The van der Waals surface area contributed by atoms with E-state index in [-0.39, 0.29) is 6.04 Å². The summed E-state index contributed by atoms with van der Waals surface area (Å²) in [6, 6.07) is 3.91. The highest BCUT2D eigenvalue weighted by atomic mass is 15.5. The molecule has 0 aliphatic carbocycles. The molecule has 15 heavy (non-hydrogen) atoms. The molecule has 6 heteroatoms. The third-order valence-corrected chi connectivity index (χ3v) is 2.02. The van der Waals surface area contributed by atoms with Gasteiger partial charge in [0.15, 0.2) is 5.82 Å². The maximum atomic E-state index is 4.23. The van der Waals surface area contributed by atoms with E-state index in [2.05, 4.69) is 30.9 Å². The number of aryl methyl sites for hydroxylation is 1. The van der Waals surface area contributed by atoms with Crippen molar-refractivity contribution >= 4 is 5.82 Å². The van der Waals surface area contributed by atoms with Crippen LogP contribution in [-0.2, 0) is 0 Å². The molecule has 0 fully saturated rings. The Hall–Kier alpha value is -1.98. The van der Waals surface area contributed by atoms with Crippen LogP contribution in [0.5, 0.6) is 0 Å². The van der Waals surface area contributed by atoms with Gasteiger partial charge in [-0.2, -0.15) is 5.21 Å². The van der Waals surface area contributed by atoms with E-state index in [0.29, 0.717) is 5.82 Å². The van der Waals surface area contributed by atoms with Crippen LogP contribution in [0.4, 0.5) is 5.82 Å². The summed E-state index contributed by atoms with van der Waals surface area (Å²) in [4.78, 5) is 4.23. The van der Waals surface area contributed by atoms with Gasteiger partial charge in [-0.25, -0.2) is 4.98 Å². The van der Waals surface area contributed by atoms with Crippen molar-refractivity contribution in [2.45, 2.75) is 19.9 Å². The van der Waals surface area contributed by atoms with Crippen LogP contribution in [0, 0.1) is 6.92 Å². The van der Waals surface area contributed by atoms with Crippen LogP contribution in [0.2, 0.25) is 0 Å². The van der Waals surface area contributed by atoms with Gasteiger partial charge < -0.3 is 5.32 Å². The second-order valence-electron chi connectivity index (χ2n) is 3.36. The molecule has 2 heterocycles.